The summed E-state index contributed by atoms with van der Waals surface area (Å²) in [5.74, 6) is -0.985. The van der Waals surface area contributed by atoms with Gasteiger partial charge in [0.2, 0.25) is 0 Å². The molecule has 0 fully saturated rings. The SMILES string of the molecule is CCCCCCCC/C=C/C/C=C/C/C=C/CCCC(=O)O[C@H](COC(=O)CCCCCCCCCCC/C=C/CCCCCCCC)COP(=O)(O)OC[C@@H](O)CO. The molecule has 0 amide bonds. The maximum Gasteiger partial charge on any atom is 0.472 e. The smallest absolute Gasteiger partial charge is 0.462 e. The molecule has 0 aliphatic heterocycles. The zero-order valence-corrected chi connectivity index (χ0v) is 38.4. The third-order valence-electron chi connectivity index (χ3n) is 9.96. The Hall–Kier alpha value is -2.07. The van der Waals surface area contributed by atoms with Gasteiger partial charge in [-0.3, -0.25) is 18.6 Å². The van der Waals surface area contributed by atoms with Crippen molar-refractivity contribution in [2.75, 3.05) is 26.4 Å². The number of phosphoric ester groups is 1. The highest BCUT2D eigenvalue weighted by atomic mass is 31.2. The van der Waals surface area contributed by atoms with Crippen LogP contribution in [0.25, 0.3) is 0 Å². The van der Waals surface area contributed by atoms with E-state index in [1.165, 1.54) is 122 Å². The second-order valence-electron chi connectivity index (χ2n) is 15.8. The predicted molar refractivity (Wildman–Crippen MR) is 242 cm³/mol. The standard InChI is InChI=1S/C48H87O10P/c1-3-5-7-9-11-13-15-17-19-21-22-24-25-27-29-31-33-35-37-39-47(51)55-43-46(44-57-59(53,54)56-42-45(50)41-49)58-48(52)40-38-36-34-32-30-28-26-23-20-18-16-14-12-10-8-6-4-2/h17-20,26,28,32,34,45-46,49-50H,3-16,21-25,27,29-31,33,35-44H2,1-2H3,(H,53,54)/b19-17+,20-18+,28-26+,34-32+/t45-,46+/m0/s1. The van der Waals surface area contributed by atoms with E-state index in [1.54, 1.807) is 0 Å². The number of phosphoric acid groups is 1. The summed E-state index contributed by atoms with van der Waals surface area (Å²) in [4.78, 5) is 35.0. The van der Waals surface area contributed by atoms with Crippen molar-refractivity contribution in [2.24, 2.45) is 0 Å². The van der Waals surface area contributed by atoms with E-state index in [0.29, 0.717) is 19.3 Å². The van der Waals surface area contributed by atoms with E-state index in [-0.39, 0.29) is 19.4 Å². The van der Waals surface area contributed by atoms with Gasteiger partial charge in [-0.05, 0) is 70.6 Å². The van der Waals surface area contributed by atoms with Crippen LogP contribution in [0.1, 0.15) is 206 Å². The molecule has 3 N–H and O–H groups in total. The number of hydrogen-bond acceptors (Lipinski definition) is 9. The molecule has 10 nitrogen and oxygen atoms in total. The molecule has 59 heavy (non-hydrogen) atoms. The van der Waals surface area contributed by atoms with Crippen LogP contribution in [0.2, 0.25) is 0 Å². The Kier molecular flexibility index (Phi) is 42.5. The highest BCUT2D eigenvalue weighted by molar-refractivity contribution is 7.47. The number of aliphatic hydroxyl groups excluding tert-OH is 2. The topological polar surface area (TPSA) is 149 Å². The minimum absolute atomic E-state index is 0.112. The molecule has 3 atom stereocenters. The average Bonchev–Trinajstić information content (AvgIpc) is 3.22. The number of esters is 2. The summed E-state index contributed by atoms with van der Waals surface area (Å²) >= 11 is 0. The highest BCUT2D eigenvalue weighted by Gasteiger charge is 2.27. The summed E-state index contributed by atoms with van der Waals surface area (Å²) in [6, 6.07) is 0. The van der Waals surface area contributed by atoms with Crippen molar-refractivity contribution in [2.45, 2.75) is 219 Å². The van der Waals surface area contributed by atoms with E-state index in [0.717, 1.165) is 38.5 Å². The van der Waals surface area contributed by atoms with Gasteiger partial charge < -0.3 is 24.6 Å². The summed E-state index contributed by atoms with van der Waals surface area (Å²) in [6.07, 6.45) is 48.0. The molecule has 0 saturated carbocycles. The summed E-state index contributed by atoms with van der Waals surface area (Å²) in [7, 11) is -4.63. The van der Waals surface area contributed by atoms with Gasteiger partial charge >= 0.3 is 19.8 Å². The molecule has 0 aliphatic rings. The molecule has 0 aromatic rings. The number of rotatable bonds is 44. The Morgan fingerprint density at radius 1 is 0.508 bits per heavy atom. The molecule has 0 saturated heterocycles. The van der Waals surface area contributed by atoms with E-state index in [4.69, 9.17) is 23.6 Å². The minimum Gasteiger partial charge on any atom is -0.462 e. The molecule has 0 aromatic heterocycles. The van der Waals surface area contributed by atoms with Crippen molar-refractivity contribution in [3.8, 4) is 0 Å². The van der Waals surface area contributed by atoms with Crippen molar-refractivity contribution in [3.63, 3.8) is 0 Å². The Balaban J connectivity index is 4.31. The van der Waals surface area contributed by atoms with Crippen LogP contribution in [0.3, 0.4) is 0 Å². The summed E-state index contributed by atoms with van der Waals surface area (Å²) in [5, 5.41) is 18.4. The molecule has 0 bridgehead atoms. The van der Waals surface area contributed by atoms with Gasteiger partial charge in [-0.15, -0.1) is 0 Å². The molecule has 1 unspecified atom stereocenters. The fourth-order valence-electron chi connectivity index (χ4n) is 6.30. The van der Waals surface area contributed by atoms with Gasteiger partial charge in [-0.2, -0.15) is 0 Å². The first kappa shape index (κ1) is 56.9. The van der Waals surface area contributed by atoms with Crippen molar-refractivity contribution in [1.82, 2.24) is 0 Å². The van der Waals surface area contributed by atoms with Crippen LogP contribution in [-0.2, 0) is 32.7 Å². The molecule has 0 aliphatic carbocycles. The average molecular weight is 855 g/mol. The van der Waals surface area contributed by atoms with Gasteiger partial charge in [0, 0.05) is 12.8 Å². The van der Waals surface area contributed by atoms with E-state index in [2.05, 4.69) is 56.4 Å². The molecule has 0 rings (SSSR count). The Morgan fingerprint density at radius 2 is 0.898 bits per heavy atom. The Labute approximate surface area is 360 Å². The van der Waals surface area contributed by atoms with Crippen LogP contribution in [0.15, 0.2) is 48.6 Å². The first-order valence-corrected chi connectivity index (χ1v) is 25.1. The first-order valence-electron chi connectivity index (χ1n) is 23.6. The lowest BCUT2D eigenvalue weighted by atomic mass is 10.1. The largest absolute Gasteiger partial charge is 0.472 e. The Morgan fingerprint density at radius 3 is 1.39 bits per heavy atom. The van der Waals surface area contributed by atoms with Crippen LogP contribution in [0, 0.1) is 0 Å². The van der Waals surface area contributed by atoms with Gasteiger partial charge in [0.1, 0.15) is 12.7 Å². The first-order chi connectivity index (χ1) is 28.7. The molecule has 11 heteroatoms. The number of unbranched alkanes of at least 4 members (excludes halogenated alkanes) is 22. The number of ether oxygens (including phenoxy) is 2. The van der Waals surface area contributed by atoms with Crippen molar-refractivity contribution in [1.29, 1.82) is 0 Å². The normalized spacial score (nSPS) is 14.2. The van der Waals surface area contributed by atoms with Gasteiger partial charge in [0.15, 0.2) is 6.10 Å². The van der Waals surface area contributed by atoms with Crippen molar-refractivity contribution < 1.29 is 47.8 Å². The quantitative estimate of drug-likeness (QED) is 0.0234. The second kappa shape index (κ2) is 44.0. The monoisotopic (exact) mass is 855 g/mol. The molecule has 0 radical (unpaired) electrons. The van der Waals surface area contributed by atoms with E-state index in [9.17, 15) is 24.2 Å². The zero-order valence-electron chi connectivity index (χ0n) is 37.5. The molecule has 0 heterocycles. The second-order valence-corrected chi connectivity index (χ2v) is 17.2. The maximum atomic E-state index is 12.6. The lowest BCUT2D eigenvalue weighted by Crippen LogP contribution is -2.29. The molecule has 0 spiro atoms. The van der Waals surface area contributed by atoms with Gasteiger partial charge in [0.25, 0.3) is 0 Å². The van der Waals surface area contributed by atoms with Crippen LogP contribution >= 0.6 is 7.82 Å². The number of hydrogen-bond donors (Lipinski definition) is 3. The molecule has 344 valence electrons. The van der Waals surface area contributed by atoms with Crippen LogP contribution in [0.5, 0.6) is 0 Å². The van der Waals surface area contributed by atoms with E-state index >= 15 is 0 Å². The third-order valence-corrected chi connectivity index (χ3v) is 10.9. The van der Waals surface area contributed by atoms with Crippen molar-refractivity contribution in [3.05, 3.63) is 48.6 Å². The Bertz CT molecular complexity index is 1120. The minimum atomic E-state index is -4.63. The molecule has 0 aromatic carbocycles. The van der Waals surface area contributed by atoms with E-state index in [1.807, 2.05) is 6.08 Å². The zero-order chi connectivity index (χ0) is 43.3. The van der Waals surface area contributed by atoms with Gasteiger partial charge in [-0.25, -0.2) is 4.57 Å². The predicted octanol–water partition coefficient (Wildman–Crippen LogP) is 12.9. The van der Waals surface area contributed by atoms with Gasteiger partial charge in [0.05, 0.1) is 19.8 Å². The lowest BCUT2D eigenvalue weighted by Gasteiger charge is -2.20. The maximum absolute atomic E-state index is 12.6. The third kappa shape index (κ3) is 43.8. The number of allylic oxidation sites excluding steroid dienone is 8. The number of carbonyl (C=O) groups excluding carboxylic acids is 2. The molecular weight excluding hydrogens is 767 g/mol. The number of aliphatic hydroxyl groups is 2. The highest BCUT2D eigenvalue weighted by Crippen LogP contribution is 2.43. The van der Waals surface area contributed by atoms with Gasteiger partial charge in [-0.1, -0.05) is 172 Å². The molecular formula is C48H87O10P. The number of carbonyl (C=O) groups is 2. The fraction of sp³-hybridized carbons (Fsp3) is 0.792. The summed E-state index contributed by atoms with van der Waals surface area (Å²) < 4.78 is 32.7. The lowest BCUT2D eigenvalue weighted by molar-refractivity contribution is -0.161. The van der Waals surface area contributed by atoms with Crippen molar-refractivity contribution >= 4 is 19.8 Å². The van der Waals surface area contributed by atoms with Crippen LogP contribution < -0.4 is 0 Å². The van der Waals surface area contributed by atoms with E-state index < -0.39 is 51.8 Å². The van der Waals surface area contributed by atoms with Crippen LogP contribution in [-0.4, -0.2) is 65.7 Å². The summed E-state index contributed by atoms with van der Waals surface area (Å²) in [5.41, 5.74) is 0. The fourth-order valence-corrected chi connectivity index (χ4v) is 7.09. The summed E-state index contributed by atoms with van der Waals surface area (Å²) in [6.45, 7) is 2.32. The van der Waals surface area contributed by atoms with Crippen LogP contribution in [0.4, 0.5) is 0 Å².